The predicted octanol–water partition coefficient (Wildman–Crippen LogP) is 4.18. The highest BCUT2D eigenvalue weighted by atomic mass is 32.2. The molecule has 0 spiro atoms. The van der Waals surface area contributed by atoms with E-state index < -0.39 is 16.2 Å². The summed E-state index contributed by atoms with van der Waals surface area (Å²) in [6.07, 6.45) is 0. The first-order valence-electron chi connectivity index (χ1n) is 10.5. The van der Waals surface area contributed by atoms with E-state index in [4.69, 9.17) is 9.18 Å². The zero-order valence-corrected chi connectivity index (χ0v) is 19.0. The number of hydrogen-bond donors (Lipinski definition) is 0. The minimum atomic E-state index is -3.96. The van der Waals surface area contributed by atoms with E-state index in [-0.39, 0.29) is 11.5 Å². The number of aromatic nitrogens is 3. The molecule has 8 heteroatoms. The summed E-state index contributed by atoms with van der Waals surface area (Å²) in [7, 11) is -3.96. The summed E-state index contributed by atoms with van der Waals surface area (Å²) in [5.74, 6) is 1.22. The number of fused-ring (bicyclic) bond motifs is 3. The van der Waals surface area contributed by atoms with Crippen molar-refractivity contribution < 1.29 is 12.6 Å². The number of aryl methyl sites for hydroxylation is 2. The lowest BCUT2D eigenvalue weighted by atomic mass is 10.0. The third kappa shape index (κ3) is 3.99. The van der Waals surface area contributed by atoms with Gasteiger partial charge in [0.1, 0.15) is 11.9 Å². The summed E-state index contributed by atoms with van der Waals surface area (Å²) in [5.41, 5.74) is 4.44. The van der Waals surface area contributed by atoms with Crippen LogP contribution in [0.1, 0.15) is 34.4 Å². The van der Waals surface area contributed by atoms with Crippen LogP contribution in [0.3, 0.4) is 0 Å². The Morgan fingerprint density at radius 3 is 2.33 bits per heavy atom. The lowest BCUT2D eigenvalue weighted by Crippen LogP contribution is -2.16. The topological polar surface area (TPSA) is 86.4 Å². The fraction of sp³-hybridized carbons (Fsp3) is 0.160. The van der Waals surface area contributed by atoms with E-state index in [0.29, 0.717) is 11.6 Å². The second-order valence-electron chi connectivity index (χ2n) is 7.87. The van der Waals surface area contributed by atoms with Crippen LogP contribution in [0.2, 0.25) is 0 Å². The minimum Gasteiger partial charge on any atom is -0.281 e. The van der Waals surface area contributed by atoms with Crippen LogP contribution in [0.5, 0.6) is 0 Å². The average Bonchev–Trinajstić information content (AvgIpc) is 3.14. The van der Waals surface area contributed by atoms with Gasteiger partial charge in [-0.25, -0.2) is 0 Å². The molecule has 1 aliphatic rings. The van der Waals surface area contributed by atoms with Crippen molar-refractivity contribution in [3.8, 4) is 5.69 Å². The Morgan fingerprint density at radius 1 is 0.879 bits per heavy atom. The highest BCUT2D eigenvalue weighted by molar-refractivity contribution is 7.86. The van der Waals surface area contributed by atoms with Gasteiger partial charge < -0.3 is 0 Å². The Bertz CT molecular complexity index is 1440. The Hall–Kier alpha value is -3.62. The lowest BCUT2D eigenvalue weighted by Gasteiger charge is -2.13. The van der Waals surface area contributed by atoms with Crippen LogP contribution in [-0.4, -0.2) is 35.5 Å². The summed E-state index contributed by atoms with van der Waals surface area (Å²) in [6, 6.07) is 23.6. The number of rotatable bonds is 5. The normalized spacial score (nSPS) is 15.3. The molecular formula is C25H22N4O3S. The Balaban J connectivity index is 1.59. The van der Waals surface area contributed by atoms with Crippen molar-refractivity contribution in [2.75, 3.05) is 6.61 Å². The molecule has 1 unspecified atom stereocenters. The molecule has 5 rings (SSSR count). The molecule has 33 heavy (non-hydrogen) atoms. The van der Waals surface area contributed by atoms with Crippen molar-refractivity contribution in [3.05, 3.63) is 107 Å². The largest absolute Gasteiger partial charge is 0.297 e. The fourth-order valence-electron chi connectivity index (χ4n) is 3.91. The van der Waals surface area contributed by atoms with Crippen molar-refractivity contribution in [3.63, 3.8) is 0 Å². The van der Waals surface area contributed by atoms with Crippen molar-refractivity contribution in [2.45, 2.75) is 24.8 Å². The monoisotopic (exact) mass is 458 g/mol. The van der Waals surface area contributed by atoms with Crippen molar-refractivity contribution >= 4 is 15.8 Å². The lowest BCUT2D eigenvalue weighted by molar-refractivity contribution is 0.289. The molecule has 0 fully saturated rings. The summed E-state index contributed by atoms with van der Waals surface area (Å²) >= 11 is 0. The van der Waals surface area contributed by atoms with Crippen molar-refractivity contribution in [2.24, 2.45) is 4.99 Å². The smallest absolute Gasteiger partial charge is 0.281 e. The van der Waals surface area contributed by atoms with Gasteiger partial charge in [0, 0.05) is 11.1 Å². The van der Waals surface area contributed by atoms with E-state index >= 15 is 0 Å². The van der Waals surface area contributed by atoms with Gasteiger partial charge in [0.05, 0.1) is 22.9 Å². The third-order valence-corrected chi connectivity index (χ3v) is 6.87. The van der Waals surface area contributed by atoms with E-state index in [1.807, 2.05) is 73.0 Å². The van der Waals surface area contributed by atoms with Crippen LogP contribution in [0.4, 0.5) is 0 Å². The molecular weight excluding hydrogens is 436 g/mol. The van der Waals surface area contributed by atoms with Gasteiger partial charge >= 0.3 is 0 Å². The summed E-state index contributed by atoms with van der Waals surface area (Å²) in [6.45, 7) is 3.57. The first kappa shape index (κ1) is 21.2. The first-order valence-corrected chi connectivity index (χ1v) is 12.0. The summed E-state index contributed by atoms with van der Waals surface area (Å²) in [5, 5.41) is 8.58. The molecule has 1 aliphatic heterocycles. The van der Waals surface area contributed by atoms with Crippen LogP contribution in [0, 0.1) is 13.8 Å². The molecule has 3 aromatic carbocycles. The van der Waals surface area contributed by atoms with Crippen LogP contribution >= 0.6 is 0 Å². The summed E-state index contributed by atoms with van der Waals surface area (Å²) in [4.78, 5) is 5.06. The zero-order valence-electron chi connectivity index (χ0n) is 18.2. The van der Waals surface area contributed by atoms with Gasteiger partial charge in [-0.05, 0) is 32.0 Å². The number of aliphatic imine (C=N–C) groups is 1. The molecule has 0 aliphatic carbocycles. The molecule has 0 bridgehead atoms. The Kier molecular flexibility index (Phi) is 5.39. The van der Waals surface area contributed by atoms with Crippen LogP contribution < -0.4 is 0 Å². The highest BCUT2D eigenvalue weighted by Gasteiger charge is 2.29. The maximum Gasteiger partial charge on any atom is 0.297 e. The van der Waals surface area contributed by atoms with E-state index in [0.717, 1.165) is 28.1 Å². The van der Waals surface area contributed by atoms with Crippen LogP contribution in [-0.2, 0) is 14.3 Å². The SMILES string of the molecule is Cc1ccc(S(=O)(=O)OCC2N=C(c3ccccc3)c3ccccc3-n3c(C)nnc32)cc1. The highest BCUT2D eigenvalue weighted by Crippen LogP contribution is 2.31. The number of benzene rings is 3. The van der Waals surface area contributed by atoms with Crippen molar-refractivity contribution in [1.82, 2.24) is 14.8 Å². The Labute approximate surface area is 192 Å². The van der Waals surface area contributed by atoms with E-state index in [9.17, 15) is 8.42 Å². The number of nitrogens with zero attached hydrogens (tertiary/aromatic N) is 4. The second kappa shape index (κ2) is 8.38. The average molecular weight is 459 g/mol. The van der Waals surface area contributed by atoms with Gasteiger partial charge in [0.25, 0.3) is 10.1 Å². The van der Waals surface area contributed by atoms with Crippen molar-refractivity contribution in [1.29, 1.82) is 0 Å². The van der Waals surface area contributed by atoms with Gasteiger partial charge in [-0.2, -0.15) is 8.42 Å². The van der Waals surface area contributed by atoms with Crippen LogP contribution in [0.25, 0.3) is 5.69 Å². The second-order valence-corrected chi connectivity index (χ2v) is 9.48. The van der Waals surface area contributed by atoms with Gasteiger partial charge in [-0.1, -0.05) is 66.2 Å². The predicted molar refractivity (Wildman–Crippen MR) is 125 cm³/mol. The number of hydrogen-bond acceptors (Lipinski definition) is 6. The Morgan fingerprint density at radius 2 is 1.58 bits per heavy atom. The molecule has 0 radical (unpaired) electrons. The minimum absolute atomic E-state index is 0.106. The quantitative estimate of drug-likeness (QED) is 0.419. The van der Waals surface area contributed by atoms with Gasteiger partial charge in [0.2, 0.25) is 0 Å². The van der Waals surface area contributed by atoms with E-state index in [1.54, 1.807) is 24.3 Å². The molecule has 166 valence electrons. The molecule has 1 atom stereocenters. The fourth-order valence-corrected chi connectivity index (χ4v) is 4.82. The zero-order chi connectivity index (χ0) is 23.0. The molecule has 0 saturated heterocycles. The third-order valence-electron chi connectivity index (χ3n) is 5.57. The molecule has 0 N–H and O–H groups in total. The summed E-state index contributed by atoms with van der Waals surface area (Å²) < 4.78 is 33.1. The molecule has 1 aromatic heterocycles. The first-order chi connectivity index (χ1) is 15.9. The molecule has 2 heterocycles. The van der Waals surface area contributed by atoms with E-state index in [1.165, 1.54) is 0 Å². The standard InChI is InChI=1S/C25H22N4O3S/c1-17-12-14-20(15-13-17)33(30,31)32-16-22-25-28-27-18(2)29(25)23-11-7-6-10-21(23)24(26-22)19-8-4-3-5-9-19/h3-15,22H,16H2,1-2H3. The molecule has 0 saturated carbocycles. The van der Waals surface area contributed by atoms with Gasteiger partial charge in [0.15, 0.2) is 5.82 Å². The number of para-hydroxylation sites is 1. The van der Waals surface area contributed by atoms with E-state index in [2.05, 4.69) is 10.2 Å². The molecule has 7 nitrogen and oxygen atoms in total. The maximum absolute atomic E-state index is 12.8. The van der Waals surface area contributed by atoms with Gasteiger partial charge in [-0.15, -0.1) is 10.2 Å². The van der Waals surface area contributed by atoms with Crippen LogP contribution in [0.15, 0.2) is 88.8 Å². The molecule has 0 amide bonds. The molecule has 4 aromatic rings. The maximum atomic E-state index is 12.8. The van der Waals surface area contributed by atoms with Gasteiger partial charge in [-0.3, -0.25) is 13.7 Å².